The molecule has 3 rings (SSSR count). The van der Waals surface area contributed by atoms with Crippen molar-refractivity contribution < 1.29 is 4.79 Å². The molecule has 0 atom stereocenters. The van der Waals surface area contributed by atoms with Crippen molar-refractivity contribution in [2.75, 3.05) is 0 Å². The summed E-state index contributed by atoms with van der Waals surface area (Å²) in [6, 6.07) is 0. The van der Waals surface area contributed by atoms with E-state index in [1.165, 1.54) is 12.8 Å². The van der Waals surface area contributed by atoms with Gasteiger partial charge in [-0.25, -0.2) is 9.97 Å². The van der Waals surface area contributed by atoms with Gasteiger partial charge >= 0.3 is 0 Å². The van der Waals surface area contributed by atoms with Gasteiger partial charge in [0.2, 0.25) is 0 Å². The number of hydrogen-bond donors (Lipinski definition) is 1. The summed E-state index contributed by atoms with van der Waals surface area (Å²) in [4.78, 5) is 19.7. The Hall–Kier alpha value is -1.45. The predicted molar refractivity (Wildman–Crippen MR) is 45.2 cm³/mol. The highest BCUT2D eigenvalue weighted by molar-refractivity contribution is 5.97. The lowest BCUT2D eigenvalue weighted by Crippen LogP contribution is -2.12. The molecule has 1 N–H and O–H groups in total. The molecule has 1 fully saturated rings. The third-order valence-electron chi connectivity index (χ3n) is 2.49. The van der Waals surface area contributed by atoms with Gasteiger partial charge in [0.05, 0.1) is 17.8 Å². The van der Waals surface area contributed by atoms with Gasteiger partial charge in [-0.2, -0.15) is 0 Å². The number of rotatable bonds is 1. The number of nitrogens with one attached hydrogen (secondary N) is 1. The minimum atomic E-state index is -0.0441. The lowest BCUT2D eigenvalue weighted by Gasteiger charge is -1.98. The van der Waals surface area contributed by atoms with E-state index in [9.17, 15) is 4.79 Å². The normalized spacial score (nSPS) is 19.8. The third-order valence-corrected chi connectivity index (χ3v) is 2.49. The van der Waals surface area contributed by atoms with Gasteiger partial charge in [-0.15, -0.1) is 0 Å². The average molecular weight is 175 g/mol. The van der Waals surface area contributed by atoms with Gasteiger partial charge in [0.1, 0.15) is 5.82 Å². The lowest BCUT2D eigenvalue weighted by molar-refractivity contribution is 0.0965. The van der Waals surface area contributed by atoms with Crippen molar-refractivity contribution >= 4 is 5.91 Å². The Kier molecular flexibility index (Phi) is 1.23. The number of nitrogens with zero attached hydrogens (tertiary/aromatic N) is 2. The van der Waals surface area contributed by atoms with Gasteiger partial charge in [-0.1, -0.05) is 0 Å². The minimum absolute atomic E-state index is 0.0441. The van der Waals surface area contributed by atoms with E-state index in [-0.39, 0.29) is 5.91 Å². The van der Waals surface area contributed by atoms with Crippen LogP contribution in [0.1, 0.15) is 40.6 Å². The molecule has 13 heavy (non-hydrogen) atoms. The van der Waals surface area contributed by atoms with Crippen molar-refractivity contribution in [3.8, 4) is 0 Å². The Bertz CT molecular complexity index is 384. The zero-order valence-electron chi connectivity index (χ0n) is 7.08. The van der Waals surface area contributed by atoms with E-state index in [0.717, 1.165) is 11.5 Å². The summed E-state index contributed by atoms with van der Waals surface area (Å²) in [5.74, 6) is 1.42. The Morgan fingerprint density at radius 2 is 2.31 bits per heavy atom. The first kappa shape index (κ1) is 7.00. The van der Waals surface area contributed by atoms with E-state index in [2.05, 4.69) is 15.3 Å². The van der Waals surface area contributed by atoms with Crippen LogP contribution < -0.4 is 5.32 Å². The summed E-state index contributed by atoms with van der Waals surface area (Å²) in [6.45, 7) is 0.566. The standard InChI is InChI=1S/C9H9N3O/c13-9-6-3-10-8(5-1-2-5)12-7(6)4-11-9/h3,5H,1-2,4H2,(H,11,13). The summed E-state index contributed by atoms with van der Waals surface area (Å²) >= 11 is 0. The second-order valence-electron chi connectivity index (χ2n) is 3.55. The molecule has 0 saturated heterocycles. The maximum absolute atomic E-state index is 11.2. The molecule has 1 saturated carbocycles. The molecule has 2 aliphatic rings. The second-order valence-corrected chi connectivity index (χ2v) is 3.55. The Morgan fingerprint density at radius 1 is 1.46 bits per heavy atom. The van der Waals surface area contributed by atoms with E-state index in [0.29, 0.717) is 18.0 Å². The smallest absolute Gasteiger partial charge is 0.255 e. The largest absolute Gasteiger partial charge is 0.346 e. The van der Waals surface area contributed by atoms with Crippen molar-refractivity contribution in [2.24, 2.45) is 0 Å². The first-order valence-electron chi connectivity index (χ1n) is 4.48. The first-order valence-corrected chi connectivity index (χ1v) is 4.48. The molecule has 66 valence electrons. The summed E-state index contributed by atoms with van der Waals surface area (Å²) in [7, 11) is 0. The number of amides is 1. The fraction of sp³-hybridized carbons (Fsp3) is 0.444. The monoisotopic (exact) mass is 175 g/mol. The molecule has 4 heteroatoms. The zero-order chi connectivity index (χ0) is 8.84. The summed E-state index contributed by atoms with van der Waals surface area (Å²) < 4.78 is 0. The molecule has 0 spiro atoms. The van der Waals surface area contributed by atoms with Crippen LogP contribution in [-0.4, -0.2) is 15.9 Å². The van der Waals surface area contributed by atoms with Crippen molar-refractivity contribution in [1.82, 2.24) is 15.3 Å². The molecule has 4 nitrogen and oxygen atoms in total. The van der Waals surface area contributed by atoms with Gasteiger partial charge in [-0.3, -0.25) is 4.79 Å². The number of carbonyl (C=O) groups is 1. The average Bonchev–Trinajstić information content (AvgIpc) is 2.93. The van der Waals surface area contributed by atoms with Crippen LogP contribution in [0.3, 0.4) is 0 Å². The second kappa shape index (κ2) is 2.28. The topological polar surface area (TPSA) is 54.9 Å². The Morgan fingerprint density at radius 3 is 3.08 bits per heavy atom. The number of aromatic nitrogens is 2. The van der Waals surface area contributed by atoms with Crippen molar-refractivity contribution in [1.29, 1.82) is 0 Å². The van der Waals surface area contributed by atoms with Crippen LogP contribution in [-0.2, 0) is 6.54 Å². The van der Waals surface area contributed by atoms with Crippen molar-refractivity contribution in [2.45, 2.75) is 25.3 Å². The van der Waals surface area contributed by atoms with Crippen LogP contribution in [0.25, 0.3) is 0 Å². The summed E-state index contributed by atoms with van der Waals surface area (Å²) in [5.41, 5.74) is 1.51. The van der Waals surface area contributed by atoms with Crippen LogP contribution in [0.5, 0.6) is 0 Å². The SMILES string of the molecule is O=C1NCc2nc(C3CC3)ncc21. The fourth-order valence-electron chi connectivity index (χ4n) is 1.55. The molecule has 1 aromatic rings. The molecular weight excluding hydrogens is 166 g/mol. The highest BCUT2D eigenvalue weighted by Crippen LogP contribution is 2.38. The molecule has 2 heterocycles. The van der Waals surface area contributed by atoms with E-state index >= 15 is 0 Å². The van der Waals surface area contributed by atoms with E-state index in [4.69, 9.17) is 0 Å². The molecule has 0 unspecified atom stereocenters. The van der Waals surface area contributed by atoms with E-state index in [1.54, 1.807) is 6.20 Å². The quantitative estimate of drug-likeness (QED) is 0.679. The maximum Gasteiger partial charge on any atom is 0.255 e. The van der Waals surface area contributed by atoms with Crippen LogP contribution in [0.4, 0.5) is 0 Å². The Labute approximate surface area is 75.4 Å². The molecule has 1 amide bonds. The van der Waals surface area contributed by atoms with E-state index in [1.807, 2.05) is 0 Å². The highest BCUT2D eigenvalue weighted by Gasteiger charge is 2.29. The van der Waals surface area contributed by atoms with E-state index < -0.39 is 0 Å². The summed E-state index contributed by atoms with van der Waals surface area (Å²) in [6.07, 6.45) is 4.04. The number of carbonyl (C=O) groups excluding carboxylic acids is 1. The van der Waals surface area contributed by atoms with Gasteiger partial charge in [0.25, 0.3) is 5.91 Å². The van der Waals surface area contributed by atoms with Gasteiger partial charge in [0.15, 0.2) is 0 Å². The molecule has 0 bridgehead atoms. The molecule has 0 radical (unpaired) electrons. The minimum Gasteiger partial charge on any atom is -0.346 e. The molecule has 1 aromatic heterocycles. The van der Waals surface area contributed by atoms with Crippen LogP contribution >= 0.6 is 0 Å². The highest BCUT2D eigenvalue weighted by atomic mass is 16.1. The van der Waals surface area contributed by atoms with Gasteiger partial charge < -0.3 is 5.32 Å². The van der Waals surface area contributed by atoms with Crippen molar-refractivity contribution in [3.63, 3.8) is 0 Å². The van der Waals surface area contributed by atoms with Crippen LogP contribution in [0.15, 0.2) is 6.20 Å². The molecular formula is C9H9N3O. The third kappa shape index (κ3) is 1.02. The lowest BCUT2D eigenvalue weighted by atomic mass is 10.2. The van der Waals surface area contributed by atoms with Crippen LogP contribution in [0, 0.1) is 0 Å². The first-order chi connectivity index (χ1) is 6.34. The molecule has 1 aliphatic heterocycles. The Balaban J connectivity index is 2.07. The van der Waals surface area contributed by atoms with Gasteiger partial charge in [-0.05, 0) is 12.8 Å². The number of hydrogen-bond acceptors (Lipinski definition) is 3. The van der Waals surface area contributed by atoms with Crippen LogP contribution in [0.2, 0.25) is 0 Å². The molecule has 1 aliphatic carbocycles. The predicted octanol–water partition coefficient (Wildman–Crippen LogP) is 0.597. The zero-order valence-corrected chi connectivity index (χ0v) is 7.08. The van der Waals surface area contributed by atoms with Gasteiger partial charge in [0, 0.05) is 12.1 Å². The maximum atomic E-state index is 11.2. The number of fused-ring (bicyclic) bond motifs is 1. The van der Waals surface area contributed by atoms with Crippen molar-refractivity contribution in [3.05, 3.63) is 23.3 Å². The molecule has 0 aromatic carbocycles. The fourth-order valence-corrected chi connectivity index (χ4v) is 1.55. The summed E-state index contributed by atoms with van der Waals surface area (Å²) in [5, 5.41) is 2.73.